The summed E-state index contributed by atoms with van der Waals surface area (Å²) < 4.78 is 28.8. The summed E-state index contributed by atoms with van der Waals surface area (Å²) in [5.74, 6) is -0.738. The van der Waals surface area contributed by atoms with Gasteiger partial charge in [-0.3, -0.25) is 9.59 Å². The second kappa shape index (κ2) is 11.9. The van der Waals surface area contributed by atoms with Gasteiger partial charge >= 0.3 is 0 Å². The van der Waals surface area contributed by atoms with Gasteiger partial charge in [-0.2, -0.15) is 0 Å². The largest absolute Gasteiger partial charge is 0.349 e. The standard InChI is InChI=1S/C30H34ClN3O4S/c1-30(2,3)34-39(37,38)27-11-7-5-8-24(27)20-12-14-21(15-13-20)28(35)33-26-10-6-4-9-25(26)29(36)32-23-18-16-22(31)17-19-23/h5,7-8,11-19,25-26,34H,4,6,9-10H2,1-3H3,(H,32,36)(H,33,35)/t25-,26-/m1/s1. The number of anilines is 1. The van der Waals surface area contributed by atoms with E-state index < -0.39 is 15.6 Å². The van der Waals surface area contributed by atoms with Crippen LogP contribution in [0.3, 0.4) is 0 Å². The van der Waals surface area contributed by atoms with E-state index in [2.05, 4.69) is 15.4 Å². The molecule has 0 radical (unpaired) electrons. The van der Waals surface area contributed by atoms with Crippen molar-refractivity contribution < 1.29 is 18.0 Å². The van der Waals surface area contributed by atoms with Crippen molar-refractivity contribution in [3.63, 3.8) is 0 Å². The Kier molecular flexibility index (Phi) is 8.79. The van der Waals surface area contributed by atoms with Crippen molar-refractivity contribution >= 4 is 39.1 Å². The van der Waals surface area contributed by atoms with Gasteiger partial charge in [-0.1, -0.05) is 54.8 Å². The number of rotatable bonds is 7. The summed E-state index contributed by atoms with van der Waals surface area (Å²) in [6, 6.07) is 20.3. The molecule has 2 atom stereocenters. The Labute approximate surface area is 235 Å². The molecule has 0 saturated heterocycles. The highest BCUT2D eigenvalue weighted by molar-refractivity contribution is 7.89. The maximum Gasteiger partial charge on any atom is 0.251 e. The zero-order valence-electron chi connectivity index (χ0n) is 22.3. The summed E-state index contributed by atoms with van der Waals surface area (Å²) in [5.41, 5.74) is 1.70. The summed E-state index contributed by atoms with van der Waals surface area (Å²) in [7, 11) is -3.76. The molecular formula is C30H34ClN3O4S. The van der Waals surface area contributed by atoms with Gasteiger partial charge < -0.3 is 10.6 Å². The number of nitrogens with one attached hydrogen (secondary N) is 3. The number of benzene rings is 3. The molecule has 2 amide bonds. The lowest BCUT2D eigenvalue weighted by Crippen LogP contribution is -2.46. The fourth-order valence-electron chi connectivity index (χ4n) is 4.84. The van der Waals surface area contributed by atoms with Crippen LogP contribution in [0.4, 0.5) is 5.69 Å². The fraction of sp³-hybridized carbons (Fsp3) is 0.333. The quantitative estimate of drug-likeness (QED) is 0.325. The van der Waals surface area contributed by atoms with Gasteiger partial charge in [0.1, 0.15) is 0 Å². The van der Waals surface area contributed by atoms with Crippen LogP contribution in [0.25, 0.3) is 11.1 Å². The van der Waals surface area contributed by atoms with Crippen LogP contribution in [0.15, 0.2) is 77.7 Å². The monoisotopic (exact) mass is 567 g/mol. The van der Waals surface area contributed by atoms with Crippen molar-refractivity contribution in [2.24, 2.45) is 5.92 Å². The van der Waals surface area contributed by atoms with Crippen molar-refractivity contribution in [2.45, 2.75) is 62.9 Å². The van der Waals surface area contributed by atoms with E-state index in [1.54, 1.807) is 93.6 Å². The highest BCUT2D eigenvalue weighted by Gasteiger charge is 2.32. The lowest BCUT2D eigenvalue weighted by molar-refractivity contribution is -0.121. The van der Waals surface area contributed by atoms with Gasteiger partial charge in [0.05, 0.1) is 10.8 Å². The highest BCUT2D eigenvalue weighted by Crippen LogP contribution is 2.29. The van der Waals surface area contributed by atoms with Crippen LogP contribution in [0.5, 0.6) is 0 Å². The first kappa shape index (κ1) is 28.8. The minimum absolute atomic E-state index is 0.126. The summed E-state index contributed by atoms with van der Waals surface area (Å²) in [6.45, 7) is 5.37. The molecule has 206 valence electrons. The van der Waals surface area contributed by atoms with E-state index in [0.29, 0.717) is 40.2 Å². The summed E-state index contributed by atoms with van der Waals surface area (Å²) in [5, 5.41) is 6.58. The zero-order valence-corrected chi connectivity index (χ0v) is 23.9. The van der Waals surface area contributed by atoms with Gasteiger partial charge in [0.15, 0.2) is 0 Å². The molecule has 0 spiro atoms. The van der Waals surface area contributed by atoms with Gasteiger partial charge in [-0.25, -0.2) is 13.1 Å². The molecule has 1 aliphatic carbocycles. The topological polar surface area (TPSA) is 104 Å². The second-order valence-corrected chi connectivity index (χ2v) is 13.0. The third-order valence-electron chi connectivity index (χ3n) is 6.61. The molecular weight excluding hydrogens is 534 g/mol. The Morgan fingerprint density at radius 1 is 0.872 bits per heavy atom. The van der Waals surface area contributed by atoms with Crippen molar-refractivity contribution in [3.05, 3.63) is 83.4 Å². The Hall–Kier alpha value is -3.20. The van der Waals surface area contributed by atoms with Crippen molar-refractivity contribution in [3.8, 4) is 11.1 Å². The summed E-state index contributed by atoms with van der Waals surface area (Å²) in [4.78, 5) is 26.4. The second-order valence-electron chi connectivity index (χ2n) is 10.9. The number of hydrogen-bond acceptors (Lipinski definition) is 4. The molecule has 3 aromatic rings. The zero-order chi connectivity index (χ0) is 28.2. The molecule has 1 aliphatic rings. The predicted octanol–water partition coefficient (Wildman–Crippen LogP) is 6.01. The molecule has 39 heavy (non-hydrogen) atoms. The molecule has 7 nitrogen and oxygen atoms in total. The van der Waals surface area contributed by atoms with E-state index >= 15 is 0 Å². The highest BCUT2D eigenvalue weighted by atomic mass is 35.5. The Balaban J connectivity index is 1.48. The van der Waals surface area contributed by atoms with Gasteiger partial charge in [0.25, 0.3) is 5.91 Å². The van der Waals surface area contributed by atoms with E-state index in [1.165, 1.54) is 0 Å². The van der Waals surface area contributed by atoms with Crippen molar-refractivity contribution in [1.29, 1.82) is 0 Å². The fourth-order valence-corrected chi connectivity index (χ4v) is 6.61. The Morgan fingerprint density at radius 2 is 1.51 bits per heavy atom. The number of hydrogen-bond donors (Lipinski definition) is 3. The first-order chi connectivity index (χ1) is 18.4. The number of amides is 2. The van der Waals surface area contributed by atoms with Crippen LogP contribution in [0.2, 0.25) is 5.02 Å². The van der Waals surface area contributed by atoms with Crippen LogP contribution in [-0.2, 0) is 14.8 Å². The van der Waals surface area contributed by atoms with Gasteiger partial charge in [0.2, 0.25) is 15.9 Å². The average Bonchev–Trinajstić information content (AvgIpc) is 2.89. The Bertz CT molecular complexity index is 1430. The smallest absolute Gasteiger partial charge is 0.251 e. The lowest BCUT2D eigenvalue weighted by Gasteiger charge is -2.31. The predicted molar refractivity (Wildman–Crippen MR) is 155 cm³/mol. The molecule has 4 rings (SSSR count). The van der Waals surface area contributed by atoms with Crippen molar-refractivity contribution in [2.75, 3.05) is 5.32 Å². The minimum Gasteiger partial charge on any atom is -0.349 e. The van der Waals surface area contributed by atoms with Crippen LogP contribution >= 0.6 is 11.6 Å². The molecule has 0 aromatic heterocycles. The first-order valence-electron chi connectivity index (χ1n) is 13.0. The third kappa shape index (κ3) is 7.47. The van der Waals surface area contributed by atoms with Crippen LogP contribution in [0, 0.1) is 5.92 Å². The van der Waals surface area contributed by atoms with Gasteiger partial charge in [0, 0.05) is 33.4 Å². The molecule has 0 heterocycles. The Morgan fingerprint density at radius 3 is 2.18 bits per heavy atom. The lowest BCUT2D eigenvalue weighted by atomic mass is 9.83. The molecule has 0 bridgehead atoms. The maximum absolute atomic E-state index is 13.1. The third-order valence-corrected chi connectivity index (χ3v) is 8.67. The minimum atomic E-state index is -3.76. The molecule has 0 aliphatic heterocycles. The molecule has 0 unspecified atom stereocenters. The van der Waals surface area contributed by atoms with E-state index in [0.717, 1.165) is 12.8 Å². The first-order valence-corrected chi connectivity index (χ1v) is 14.9. The van der Waals surface area contributed by atoms with E-state index in [1.807, 2.05) is 0 Å². The number of halogens is 1. The van der Waals surface area contributed by atoms with E-state index in [4.69, 9.17) is 11.6 Å². The summed E-state index contributed by atoms with van der Waals surface area (Å²) >= 11 is 5.94. The maximum atomic E-state index is 13.1. The van der Waals surface area contributed by atoms with Gasteiger partial charge in [-0.05, 0) is 81.6 Å². The molecule has 9 heteroatoms. The number of carbonyl (C=O) groups excluding carboxylic acids is 2. The molecule has 1 saturated carbocycles. The molecule has 3 N–H and O–H groups in total. The molecule has 1 fully saturated rings. The normalized spacial score (nSPS) is 17.8. The van der Waals surface area contributed by atoms with Crippen LogP contribution in [0.1, 0.15) is 56.8 Å². The van der Waals surface area contributed by atoms with Crippen LogP contribution in [-0.4, -0.2) is 31.8 Å². The molecule has 3 aromatic carbocycles. The van der Waals surface area contributed by atoms with Crippen LogP contribution < -0.4 is 15.4 Å². The number of sulfonamides is 1. The summed E-state index contributed by atoms with van der Waals surface area (Å²) in [6.07, 6.45) is 3.26. The van der Waals surface area contributed by atoms with E-state index in [9.17, 15) is 18.0 Å². The number of carbonyl (C=O) groups is 2. The average molecular weight is 568 g/mol. The van der Waals surface area contributed by atoms with E-state index in [-0.39, 0.29) is 28.7 Å². The van der Waals surface area contributed by atoms with Gasteiger partial charge in [-0.15, -0.1) is 0 Å². The van der Waals surface area contributed by atoms with Crippen molar-refractivity contribution in [1.82, 2.24) is 10.0 Å². The SMILES string of the molecule is CC(C)(C)NS(=O)(=O)c1ccccc1-c1ccc(C(=O)N[C@@H]2CCCC[C@H]2C(=O)Nc2ccc(Cl)cc2)cc1.